The molecular formula is C57H37N5. The van der Waals surface area contributed by atoms with Crippen molar-refractivity contribution in [3.05, 3.63) is 225 Å². The first kappa shape index (κ1) is 35.5. The standard InChI is InChI=1S/C57H37N5/c1-4-16-38(17-5-1)39-28-30-54-48(34-39)49-35-40(29-31-55(49)61(54)42-18-6-2-7-19-42)44-22-14-24-46-47-25-15-23-45(57(47)62(56(44)46)43-20-8-3-9-21-43)41-36-52(50-26-10-12-32-58-50)60-53(37-41)51-27-11-13-33-59-51/h1-37H. The normalized spacial score (nSPS) is 11.5. The minimum atomic E-state index is 0.794. The third-order valence-corrected chi connectivity index (χ3v) is 12.0. The second-order valence-electron chi connectivity index (χ2n) is 15.6. The fourth-order valence-electron chi connectivity index (χ4n) is 9.25. The van der Waals surface area contributed by atoms with Crippen molar-refractivity contribution in [2.24, 2.45) is 0 Å². The molecule has 0 radical (unpaired) electrons. The van der Waals surface area contributed by atoms with Gasteiger partial charge in [0, 0.05) is 56.4 Å². The largest absolute Gasteiger partial charge is 0.309 e. The molecule has 5 heterocycles. The Morgan fingerprint density at radius 3 is 1.32 bits per heavy atom. The van der Waals surface area contributed by atoms with Gasteiger partial charge in [-0.1, -0.05) is 127 Å². The number of rotatable bonds is 7. The van der Waals surface area contributed by atoms with Crippen molar-refractivity contribution < 1.29 is 0 Å². The van der Waals surface area contributed by atoms with Crippen molar-refractivity contribution in [3.8, 4) is 67.5 Å². The summed E-state index contributed by atoms with van der Waals surface area (Å²) in [5, 5.41) is 4.79. The zero-order chi connectivity index (χ0) is 41.0. The van der Waals surface area contributed by atoms with E-state index in [-0.39, 0.29) is 0 Å². The SMILES string of the molecule is c1ccc(-c2ccc3c(c2)c2cc(-c4cccc5c6cccc(-c7cc(-c8ccccn8)nc(-c8ccccn8)c7)c6n(-c6ccccc6)c45)ccc2n3-c2ccccc2)cc1. The van der Waals surface area contributed by atoms with Crippen LogP contribution in [0.5, 0.6) is 0 Å². The van der Waals surface area contributed by atoms with Crippen LogP contribution in [-0.4, -0.2) is 24.1 Å². The van der Waals surface area contributed by atoms with Crippen LogP contribution in [0.1, 0.15) is 0 Å². The molecule has 0 aliphatic rings. The summed E-state index contributed by atoms with van der Waals surface area (Å²) in [7, 11) is 0. The average Bonchev–Trinajstić information content (AvgIpc) is 3.88. The van der Waals surface area contributed by atoms with Crippen LogP contribution in [0.2, 0.25) is 0 Å². The van der Waals surface area contributed by atoms with Gasteiger partial charge in [0.25, 0.3) is 0 Å². The fraction of sp³-hybridized carbons (Fsp3) is 0. The molecule has 0 aliphatic carbocycles. The smallest absolute Gasteiger partial charge is 0.0900 e. The van der Waals surface area contributed by atoms with Crippen LogP contribution >= 0.6 is 0 Å². The molecule has 0 saturated heterocycles. The highest BCUT2D eigenvalue weighted by Crippen LogP contribution is 2.44. The molecule has 12 aromatic rings. The van der Waals surface area contributed by atoms with E-state index in [2.05, 4.69) is 185 Å². The molecule has 5 aromatic heterocycles. The Morgan fingerprint density at radius 2 is 0.774 bits per heavy atom. The van der Waals surface area contributed by atoms with E-state index in [0.717, 1.165) is 67.4 Å². The first-order valence-corrected chi connectivity index (χ1v) is 20.9. The maximum atomic E-state index is 5.11. The Kier molecular flexibility index (Phi) is 8.42. The molecule has 0 spiro atoms. The Labute approximate surface area is 358 Å². The van der Waals surface area contributed by atoms with E-state index in [0.29, 0.717) is 0 Å². The van der Waals surface area contributed by atoms with Crippen molar-refractivity contribution in [2.45, 2.75) is 0 Å². The number of benzene rings is 7. The number of hydrogen-bond acceptors (Lipinski definition) is 3. The molecule has 0 amide bonds. The van der Waals surface area contributed by atoms with Gasteiger partial charge in [-0.2, -0.15) is 0 Å². The van der Waals surface area contributed by atoms with Gasteiger partial charge in [0.1, 0.15) is 0 Å². The summed E-state index contributed by atoms with van der Waals surface area (Å²) in [6.45, 7) is 0. The summed E-state index contributed by atoms with van der Waals surface area (Å²) in [6.07, 6.45) is 3.64. The lowest BCUT2D eigenvalue weighted by Crippen LogP contribution is -1.98. The average molecular weight is 792 g/mol. The number of nitrogens with zero attached hydrogens (tertiary/aromatic N) is 5. The van der Waals surface area contributed by atoms with Crippen molar-refractivity contribution in [3.63, 3.8) is 0 Å². The number of pyridine rings is 3. The van der Waals surface area contributed by atoms with E-state index in [1.807, 2.05) is 48.8 Å². The van der Waals surface area contributed by atoms with Gasteiger partial charge in [0.05, 0.1) is 44.8 Å². The van der Waals surface area contributed by atoms with Crippen LogP contribution in [0.4, 0.5) is 0 Å². The van der Waals surface area contributed by atoms with Gasteiger partial charge in [-0.05, 0) is 107 Å². The highest BCUT2D eigenvalue weighted by Gasteiger charge is 2.22. The van der Waals surface area contributed by atoms with E-state index >= 15 is 0 Å². The molecule has 0 saturated carbocycles. The summed E-state index contributed by atoms with van der Waals surface area (Å²) in [6, 6.07) is 75.6. The van der Waals surface area contributed by atoms with Gasteiger partial charge in [0.15, 0.2) is 0 Å². The predicted octanol–water partition coefficient (Wildman–Crippen LogP) is 14.4. The number of aromatic nitrogens is 5. The second kappa shape index (κ2) is 14.7. The predicted molar refractivity (Wildman–Crippen MR) is 256 cm³/mol. The Hall–Kier alpha value is -8.41. The monoisotopic (exact) mass is 791 g/mol. The molecule has 0 unspecified atom stereocenters. The zero-order valence-corrected chi connectivity index (χ0v) is 33.6. The van der Waals surface area contributed by atoms with E-state index in [9.17, 15) is 0 Å². The molecule has 290 valence electrons. The molecule has 5 heteroatoms. The highest BCUT2D eigenvalue weighted by molar-refractivity contribution is 6.18. The van der Waals surface area contributed by atoms with Gasteiger partial charge in [-0.15, -0.1) is 0 Å². The van der Waals surface area contributed by atoms with Gasteiger partial charge >= 0.3 is 0 Å². The van der Waals surface area contributed by atoms with Crippen LogP contribution in [0.3, 0.4) is 0 Å². The summed E-state index contributed by atoms with van der Waals surface area (Å²) in [4.78, 5) is 14.5. The first-order valence-electron chi connectivity index (χ1n) is 20.9. The summed E-state index contributed by atoms with van der Waals surface area (Å²) >= 11 is 0. The van der Waals surface area contributed by atoms with Crippen molar-refractivity contribution >= 4 is 43.6 Å². The molecule has 5 nitrogen and oxygen atoms in total. The molecule has 0 atom stereocenters. The van der Waals surface area contributed by atoms with Gasteiger partial charge in [-0.3, -0.25) is 9.97 Å². The number of hydrogen-bond donors (Lipinski definition) is 0. The van der Waals surface area contributed by atoms with Crippen LogP contribution in [-0.2, 0) is 0 Å². The van der Waals surface area contributed by atoms with Crippen molar-refractivity contribution in [1.29, 1.82) is 0 Å². The maximum absolute atomic E-state index is 5.11. The van der Waals surface area contributed by atoms with Gasteiger partial charge in [0.2, 0.25) is 0 Å². The van der Waals surface area contributed by atoms with Crippen LogP contribution < -0.4 is 0 Å². The topological polar surface area (TPSA) is 48.5 Å². The Morgan fingerprint density at radius 1 is 0.290 bits per heavy atom. The van der Waals surface area contributed by atoms with E-state index < -0.39 is 0 Å². The van der Waals surface area contributed by atoms with E-state index in [1.165, 1.54) is 43.7 Å². The third kappa shape index (κ3) is 5.90. The molecule has 0 bridgehead atoms. The lowest BCUT2D eigenvalue weighted by Gasteiger charge is -2.15. The van der Waals surface area contributed by atoms with Crippen molar-refractivity contribution in [1.82, 2.24) is 24.1 Å². The fourth-order valence-corrected chi connectivity index (χ4v) is 9.25. The lowest BCUT2D eigenvalue weighted by molar-refractivity contribution is 1.18. The van der Waals surface area contributed by atoms with Crippen LogP contribution in [0.25, 0.3) is 111 Å². The minimum Gasteiger partial charge on any atom is -0.309 e. The molecule has 0 fully saturated rings. The molecule has 0 N–H and O–H groups in total. The minimum absolute atomic E-state index is 0.794. The number of fused-ring (bicyclic) bond motifs is 6. The van der Waals surface area contributed by atoms with Gasteiger partial charge in [-0.25, -0.2) is 4.98 Å². The summed E-state index contributed by atoms with van der Waals surface area (Å²) < 4.78 is 4.85. The quantitative estimate of drug-likeness (QED) is 0.162. The lowest BCUT2D eigenvalue weighted by atomic mass is 9.98. The summed E-state index contributed by atoms with van der Waals surface area (Å²) in [5.41, 5.74) is 16.9. The van der Waals surface area contributed by atoms with E-state index in [4.69, 9.17) is 15.0 Å². The Bertz CT molecular complexity index is 3540. The van der Waals surface area contributed by atoms with Crippen LogP contribution in [0.15, 0.2) is 225 Å². The molecule has 0 aliphatic heterocycles. The first-order chi connectivity index (χ1) is 30.8. The molecule has 7 aromatic carbocycles. The number of para-hydroxylation sites is 4. The zero-order valence-electron chi connectivity index (χ0n) is 33.6. The summed E-state index contributed by atoms with van der Waals surface area (Å²) in [5.74, 6) is 0. The molecular weight excluding hydrogens is 755 g/mol. The molecule has 12 rings (SSSR count). The van der Waals surface area contributed by atoms with E-state index in [1.54, 1.807) is 0 Å². The second-order valence-corrected chi connectivity index (χ2v) is 15.6. The van der Waals surface area contributed by atoms with Gasteiger partial charge < -0.3 is 9.13 Å². The highest BCUT2D eigenvalue weighted by atomic mass is 15.0. The van der Waals surface area contributed by atoms with Crippen LogP contribution in [0, 0.1) is 0 Å². The third-order valence-electron chi connectivity index (χ3n) is 12.0. The molecule has 62 heavy (non-hydrogen) atoms. The Balaban J connectivity index is 1.14. The maximum Gasteiger partial charge on any atom is 0.0900 e. The van der Waals surface area contributed by atoms with Crippen molar-refractivity contribution in [2.75, 3.05) is 0 Å².